The highest BCUT2D eigenvalue weighted by Crippen LogP contribution is 2.30. The Kier molecular flexibility index (Phi) is 5.43. The van der Waals surface area contributed by atoms with Crippen LogP contribution in [-0.4, -0.2) is 17.1 Å². The fourth-order valence-electron chi connectivity index (χ4n) is 2.44. The lowest BCUT2D eigenvalue weighted by atomic mass is 10.2. The molecule has 0 saturated heterocycles. The van der Waals surface area contributed by atoms with Crippen molar-refractivity contribution in [3.63, 3.8) is 0 Å². The Morgan fingerprint density at radius 2 is 1.81 bits per heavy atom. The van der Waals surface area contributed by atoms with Crippen molar-refractivity contribution < 1.29 is 4.74 Å². The zero-order valence-corrected chi connectivity index (χ0v) is 15.3. The maximum atomic E-state index is 6.23. The summed E-state index contributed by atoms with van der Waals surface area (Å²) in [5.74, 6) is 1.92. The third-order valence-corrected chi connectivity index (χ3v) is 4.43. The third-order valence-electron chi connectivity index (χ3n) is 4.02. The highest BCUT2D eigenvalue weighted by atomic mass is 35.5. The van der Waals surface area contributed by atoms with Crippen LogP contribution in [0.1, 0.15) is 11.1 Å². The van der Waals surface area contributed by atoms with E-state index in [2.05, 4.69) is 20.6 Å². The Morgan fingerprint density at radius 1 is 1.08 bits per heavy atom. The fourth-order valence-corrected chi connectivity index (χ4v) is 2.61. The van der Waals surface area contributed by atoms with E-state index >= 15 is 0 Å². The largest absolute Gasteiger partial charge is 0.497 e. The molecule has 4 N–H and O–H groups in total. The molecule has 0 amide bonds. The van der Waals surface area contributed by atoms with E-state index in [1.54, 1.807) is 7.11 Å². The molecule has 0 bridgehead atoms. The first-order valence-electron chi connectivity index (χ1n) is 8.08. The predicted molar refractivity (Wildman–Crippen MR) is 106 cm³/mol. The fraction of sp³-hybridized carbons (Fsp3) is 0.158. The lowest BCUT2D eigenvalue weighted by Crippen LogP contribution is -2.08. The van der Waals surface area contributed by atoms with E-state index in [-0.39, 0.29) is 0 Å². The molecule has 1 aromatic heterocycles. The predicted octanol–water partition coefficient (Wildman–Crippen LogP) is 4.38. The van der Waals surface area contributed by atoms with Crippen molar-refractivity contribution in [1.82, 2.24) is 9.97 Å². The van der Waals surface area contributed by atoms with Crippen molar-refractivity contribution in [3.05, 3.63) is 64.9 Å². The van der Waals surface area contributed by atoms with Crippen LogP contribution < -0.4 is 21.1 Å². The van der Waals surface area contributed by atoms with Crippen LogP contribution in [0.5, 0.6) is 5.75 Å². The SMILES string of the molecule is COc1ccc(CNc2ncnc(Nc3cccc(Cl)c3C)c2N)cc1. The molecule has 6 nitrogen and oxygen atoms in total. The second-order valence-corrected chi connectivity index (χ2v) is 6.13. The van der Waals surface area contributed by atoms with E-state index < -0.39 is 0 Å². The van der Waals surface area contributed by atoms with Gasteiger partial charge in [-0.2, -0.15) is 0 Å². The molecule has 1 heterocycles. The van der Waals surface area contributed by atoms with Crippen LogP contribution >= 0.6 is 11.6 Å². The van der Waals surface area contributed by atoms with Gasteiger partial charge in [0.25, 0.3) is 0 Å². The molecule has 3 rings (SSSR count). The number of halogens is 1. The van der Waals surface area contributed by atoms with Crippen LogP contribution in [-0.2, 0) is 6.54 Å². The van der Waals surface area contributed by atoms with Gasteiger partial charge in [0.1, 0.15) is 17.8 Å². The van der Waals surface area contributed by atoms with E-state index in [0.717, 1.165) is 22.6 Å². The van der Waals surface area contributed by atoms with E-state index in [9.17, 15) is 0 Å². The standard InChI is InChI=1S/C19H20ClN5O/c1-12-15(20)4-3-5-16(12)25-19-17(21)18(23-11-24-19)22-10-13-6-8-14(26-2)9-7-13/h3-9,11H,10,21H2,1-2H3,(H2,22,23,24,25). The maximum Gasteiger partial charge on any atom is 0.159 e. The molecule has 0 spiro atoms. The molecule has 0 aliphatic carbocycles. The zero-order valence-electron chi connectivity index (χ0n) is 14.6. The molecule has 134 valence electrons. The van der Waals surface area contributed by atoms with Gasteiger partial charge >= 0.3 is 0 Å². The van der Waals surface area contributed by atoms with Crippen LogP contribution in [0.3, 0.4) is 0 Å². The van der Waals surface area contributed by atoms with E-state index in [4.69, 9.17) is 22.1 Å². The second-order valence-electron chi connectivity index (χ2n) is 5.72. The Balaban J connectivity index is 1.75. The highest BCUT2D eigenvalue weighted by Gasteiger charge is 2.10. The average molecular weight is 370 g/mol. The summed E-state index contributed by atoms with van der Waals surface area (Å²) in [4.78, 5) is 8.47. The van der Waals surface area contributed by atoms with Crippen molar-refractivity contribution >= 4 is 34.6 Å². The summed E-state index contributed by atoms with van der Waals surface area (Å²) < 4.78 is 5.16. The number of aromatic nitrogens is 2. The number of benzene rings is 2. The molecule has 0 radical (unpaired) electrons. The summed E-state index contributed by atoms with van der Waals surface area (Å²) in [6.07, 6.45) is 1.47. The zero-order chi connectivity index (χ0) is 18.5. The molecule has 0 aliphatic rings. The topological polar surface area (TPSA) is 85.1 Å². The van der Waals surface area contributed by atoms with Crippen LogP contribution in [0, 0.1) is 6.92 Å². The van der Waals surface area contributed by atoms with Gasteiger partial charge in [-0.05, 0) is 42.3 Å². The number of hydrogen-bond acceptors (Lipinski definition) is 6. The minimum atomic E-state index is 0.445. The van der Waals surface area contributed by atoms with Crippen LogP contribution in [0.15, 0.2) is 48.8 Å². The van der Waals surface area contributed by atoms with Crippen LogP contribution in [0.4, 0.5) is 23.0 Å². The number of nitrogen functional groups attached to an aromatic ring is 1. The molecular formula is C19H20ClN5O. The molecule has 3 aromatic rings. The number of anilines is 4. The Morgan fingerprint density at radius 3 is 2.54 bits per heavy atom. The molecular weight excluding hydrogens is 350 g/mol. The van der Waals surface area contributed by atoms with Crippen molar-refractivity contribution in [3.8, 4) is 5.75 Å². The monoisotopic (exact) mass is 369 g/mol. The van der Waals surface area contributed by atoms with Crippen molar-refractivity contribution in [1.29, 1.82) is 0 Å². The van der Waals surface area contributed by atoms with Gasteiger partial charge < -0.3 is 21.1 Å². The van der Waals surface area contributed by atoms with Crippen molar-refractivity contribution in [2.24, 2.45) is 0 Å². The number of ether oxygens (including phenoxy) is 1. The summed E-state index contributed by atoms with van der Waals surface area (Å²) in [7, 11) is 1.64. The summed E-state index contributed by atoms with van der Waals surface area (Å²) in [5.41, 5.74) is 9.54. The highest BCUT2D eigenvalue weighted by molar-refractivity contribution is 6.31. The summed E-state index contributed by atoms with van der Waals surface area (Å²) in [6, 6.07) is 13.4. The first kappa shape index (κ1) is 17.8. The van der Waals surface area contributed by atoms with E-state index in [0.29, 0.717) is 28.9 Å². The number of methoxy groups -OCH3 is 1. The van der Waals surface area contributed by atoms with Crippen LogP contribution in [0.2, 0.25) is 5.02 Å². The first-order valence-corrected chi connectivity index (χ1v) is 8.45. The average Bonchev–Trinajstić information content (AvgIpc) is 2.66. The minimum absolute atomic E-state index is 0.445. The molecule has 0 fully saturated rings. The quantitative estimate of drug-likeness (QED) is 0.597. The van der Waals surface area contributed by atoms with Gasteiger partial charge in [-0.1, -0.05) is 29.8 Å². The van der Waals surface area contributed by atoms with Gasteiger partial charge in [0.2, 0.25) is 0 Å². The first-order chi connectivity index (χ1) is 12.6. The molecule has 0 atom stereocenters. The molecule has 7 heteroatoms. The summed E-state index contributed by atoms with van der Waals surface area (Å²) >= 11 is 6.16. The second kappa shape index (κ2) is 7.93. The summed E-state index contributed by atoms with van der Waals surface area (Å²) in [5, 5.41) is 7.13. The van der Waals surface area contributed by atoms with Gasteiger partial charge in [-0.25, -0.2) is 9.97 Å². The number of nitrogens with one attached hydrogen (secondary N) is 2. The number of hydrogen-bond donors (Lipinski definition) is 3. The Bertz CT molecular complexity index is 899. The van der Waals surface area contributed by atoms with Gasteiger partial charge in [0, 0.05) is 17.3 Å². The minimum Gasteiger partial charge on any atom is -0.497 e. The number of nitrogens with zero attached hydrogens (tertiary/aromatic N) is 2. The normalized spacial score (nSPS) is 10.4. The maximum absolute atomic E-state index is 6.23. The lowest BCUT2D eigenvalue weighted by Gasteiger charge is -2.14. The Labute approximate surface area is 157 Å². The smallest absolute Gasteiger partial charge is 0.159 e. The van der Waals surface area contributed by atoms with E-state index in [1.165, 1.54) is 6.33 Å². The van der Waals surface area contributed by atoms with Crippen LogP contribution in [0.25, 0.3) is 0 Å². The van der Waals surface area contributed by atoms with E-state index in [1.807, 2.05) is 49.4 Å². The summed E-state index contributed by atoms with van der Waals surface area (Å²) in [6.45, 7) is 2.52. The molecule has 0 saturated carbocycles. The molecule has 0 unspecified atom stereocenters. The van der Waals surface area contributed by atoms with Gasteiger partial charge in [-0.3, -0.25) is 0 Å². The van der Waals surface area contributed by atoms with Crippen molar-refractivity contribution in [2.45, 2.75) is 13.5 Å². The Hall–Kier alpha value is -2.99. The van der Waals surface area contributed by atoms with Gasteiger partial charge in [-0.15, -0.1) is 0 Å². The lowest BCUT2D eigenvalue weighted by molar-refractivity contribution is 0.414. The third kappa shape index (κ3) is 3.97. The number of nitrogens with two attached hydrogens (primary N) is 1. The van der Waals surface area contributed by atoms with Crippen molar-refractivity contribution in [2.75, 3.05) is 23.5 Å². The molecule has 0 aliphatic heterocycles. The van der Waals surface area contributed by atoms with Gasteiger partial charge in [0.05, 0.1) is 7.11 Å². The van der Waals surface area contributed by atoms with Gasteiger partial charge in [0.15, 0.2) is 11.6 Å². The number of rotatable bonds is 6. The molecule has 26 heavy (non-hydrogen) atoms. The molecule has 2 aromatic carbocycles.